The van der Waals surface area contributed by atoms with Gasteiger partial charge in [0, 0.05) is 37.3 Å². The molecule has 2 aliphatic heterocycles. The van der Waals surface area contributed by atoms with Crippen molar-refractivity contribution in [1.29, 1.82) is 0 Å². The van der Waals surface area contributed by atoms with Crippen molar-refractivity contribution in [2.45, 2.75) is 17.4 Å². The van der Waals surface area contributed by atoms with Crippen LogP contribution in [0.15, 0.2) is 65.0 Å². The molecule has 0 amide bonds. The molecule has 2 aliphatic rings. The molecular weight excluding hydrogens is 436 g/mol. The summed E-state index contributed by atoms with van der Waals surface area (Å²) < 4.78 is 39.6. The van der Waals surface area contributed by atoms with Crippen molar-refractivity contribution in [3.8, 4) is 11.5 Å². The summed E-state index contributed by atoms with van der Waals surface area (Å²) in [6.07, 6.45) is 2.28. The number of benzene rings is 2. The van der Waals surface area contributed by atoms with Crippen LogP contribution in [-0.4, -0.2) is 50.9 Å². The first-order valence-corrected chi connectivity index (χ1v) is 12.3. The van der Waals surface area contributed by atoms with Crippen molar-refractivity contribution < 1.29 is 17.9 Å². The van der Waals surface area contributed by atoms with Gasteiger partial charge >= 0.3 is 0 Å². The number of piperazine rings is 1. The maximum absolute atomic E-state index is 13.7. The van der Waals surface area contributed by atoms with Gasteiger partial charge in [0.15, 0.2) is 11.5 Å². The van der Waals surface area contributed by atoms with E-state index in [0.29, 0.717) is 31.2 Å². The highest BCUT2D eigenvalue weighted by atomic mass is 32.2. The zero-order valence-electron chi connectivity index (χ0n) is 16.7. The van der Waals surface area contributed by atoms with Crippen LogP contribution in [0, 0.1) is 0 Å². The minimum atomic E-state index is -3.82. The van der Waals surface area contributed by atoms with Crippen molar-refractivity contribution in [1.82, 2.24) is 15.3 Å². The molecule has 0 bridgehead atoms. The Bertz CT molecular complexity index is 1140. The van der Waals surface area contributed by atoms with E-state index in [-0.39, 0.29) is 17.7 Å². The Hall–Kier alpha value is -2.66. The minimum Gasteiger partial charge on any atom is -0.454 e. The number of nitrogens with one attached hydrogen (secondary N) is 1. The molecular formula is C21H22N4O4S2. The van der Waals surface area contributed by atoms with Gasteiger partial charge in [-0.1, -0.05) is 24.3 Å². The molecule has 0 radical (unpaired) electrons. The number of hydrogen-bond donors (Lipinski definition) is 1. The molecule has 31 heavy (non-hydrogen) atoms. The van der Waals surface area contributed by atoms with Crippen LogP contribution >= 0.6 is 11.3 Å². The fourth-order valence-electron chi connectivity index (χ4n) is 3.86. The number of rotatable bonds is 6. The Labute approximate surface area is 185 Å². The van der Waals surface area contributed by atoms with Crippen LogP contribution in [0.25, 0.3) is 0 Å². The largest absolute Gasteiger partial charge is 0.454 e. The number of hydrogen-bond acceptors (Lipinski definition) is 8. The molecule has 1 atom stereocenters. The molecule has 162 valence electrons. The summed E-state index contributed by atoms with van der Waals surface area (Å²) in [7, 11) is -3.82. The van der Waals surface area contributed by atoms with Gasteiger partial charge in [0.2, 0.25) is 11.9 Å². The molecule has 1 unspecified atom stereocenters. The second-order valence-electron chi connectivity index (χ2n) is 7.29. The number of thiazole rings is 1. The Morgan fingerprint density at radius 2 is 2.00 bits per heavy atom. The predicted octanol–water partition coefficient (Wildman–Crippen LogP) is 2.50. The van der Waals surface area contributed by atoms with Crippen molar-refractivity contribution in [2.24, 2.45) is 0 Å². The third-order valence-corrected chi connectivity index (χ3v) is 7.88. The maximum Gasteiger partial charge on any atom is 0.280 e. The van der Waals surface area contributed by atoms with Gasteiger partial charge in [0.1, 0.15) is 0 Å². The highest BCUT2D eigenvalue weighted by Gasteiger charge is 2.37. The van der Waals surface area contributed by atoms with E-state index in [1.807, 2.05) is 23.2 Å². The Kier molecular flexibility index (Phi) is 5.53. The lowest BCUT2D eigenvalue weighted by atomic mass is 10.0. The third-order valence-electron chi connectivity index (χ3n) is 5.31. The number of aromatic nitrogens is 1. The van der Waals surface area contributed by atoms with Crippen molar-refractivity contribution >= 4 is 26.5 Å². The fourth-order valence-corrected chi connectivity index (χ4v) is 6.29. The molecule has 3 aromatic rings. The predicted molar refractivity (Wildman–Crippen MR) is 118 cm³/mol. The smallest absolute Gasteiger partial charge is 0.280 e. The summed E-state index contributed by atoms with van der Waals surface area (Å²) in [5, 5.41) is 7.53. The lowest BCUT2D eigenvalue weighted by molar-refractivity contribution is 0.169. The van der Waals surface area contributed by atoms with Crippen LogP contribution < -0.4 is 19.2 Å². The van der Waals surface area contributed by atoms with Gasteiger partial charge in [-0.05, 0) is 36.2 Å². The monoisotopic (exact) mass is 458 g/mol. The summed E-state index contributed by atoms with van der Waals surface area (Å²) >= 11 is 1.31. The molecule has 1 fully saturated rings. The second-order valence-corrected chi connectivity index (χ2v) is 9.93. The van der Waals surface area contributed by atoms with E-state index < -0.39 is 10.0 Å². The maximum atomic E-state index is 13.7. The average Bonchev–Trinajstić information content (AvgIpc) is 3.47. The molecule has 3 heterocycles. The molecule has 1 N–H and O–H groups in total. The number of fused-ring (bicyclic) bond motifs is 1. The Balaban J connectivity index is 1.50. The molecule has 10 heteroatoms. The van der Waals surface area contributed by atoms with Crippen LogP contribution in [0.1, 0.15) is 5.56 Å². The quantitative estimate of drug-likeness (QED) is 0.608. The van der Waals surface area contributed by atoms with Crippen molar-refractivity contribution in [3.05, 3.63) is 65.7 Å². The number of sulfonamides is 1. The molecule has 1 saturated heterocycles. The summed E-state index contributed by atoms with van der Waals surface area (Å²) in [6, 6.07) is 14.3. The zero-order chi connectivity index (χ0) is 21.3. The highest BCUT2D eigenvalue weighted by Crippen LogP contribution is 2.34. The number of ether oxygens (including phenoxy) is 2. The van der Waals surface area contributed by atoms with Gasteiger partial charge in [-0.3, -0.25) is 0 Å². The molecule has 1 aromatic heterocycles. The van der Waals surface area contributed by atoms with Gasteiger partial charge in [-0.2, -0.15) is 17.8 Å². The summed E-state index contributed by atoms with van der Waals surface area (Å²) in [5.74, 6) is 1.46. The lowest BCUT2D eigenvalue weighted by Gasteiger charge is -2.42. The lowest BCUT2D eigenvalue weighted by Crippen LogP contribution is -2.60. The summed E-state index contributed by atoms with van der Waals surface area (Å²) in [5.41, 5.74) is 1.05. The van der Waals surface area contributed by atoms with Crippen LogP contribution in [-0.2, 0) is 16.4 Å². The van der Waals surface area contributed by atoms with E-state index >= 15 is 0 Å². The number of nitrogens with zero attached hydrogens (tertiary/aromatic N) is 3. The molecule has 0 aliphatic carbocycles. The first-order chi connectivity index (χ1) is 15.1. The first kappa shape index (κ1) is 20.3. The van der Waals surface area contributed by atoms with E-state index in [4.69, 9.17) is 9.47 Å². The van der Waals surface area contributed by atoms with Crippen LogP contribution in [0.3, 0.4) is 0 Å². The van der Waals surface area contributed by atoms with Gasteiger partial charge in [0.05, 0.1) is 4.90 Å². The number of anilines is 1. The first-order valence-electron chi connectivity index (χ1n) is 9.98. The highest BCUT2D eigenvalue weighted by molar-refractivity contribution is 7.93. The van der Waals surface area contributed by atoms with Crippen molar-refractivity contribution in [3.63, 3.8) is 0 Å². The topological polar surface area (TPSA) is 84.0 Å². The normalized spacial score (nSPS) is 18.8. The molecule has 5 rings (SSSR count). The van der Waals surface area contributed by atoms with E-state index in [9.17, 15) is 8.42 Å². The van der Waals surface area contributed by atoms with E-state index in [2.05, 4.69) is 10.3 Å². The molecule has 2 aromatic carbocycles. The Morgan fingerprint density at radius 3 is 2.81 bits per heavy atom. The SMILES string of the molecule is O=S(=O)(c1ccccc1)N(c1nccs1)N1CCNCC1Cc1ccc2c(c1)OCO2. The van der Waals surface area contributed by atoms with Gasteiger partial charge in [-0.15, -0.1) is 11.3 Å². The van der Waals surface area contributed by atoms with Gasteiger partial charge in [0.25, 0.3) is 10.0 Å². The summed E-state index contributed by atoms with van der Waals surface area (Å²) in [4.78, 5) is 4.58. The average molecular weight is 459 g/mol. The number of hydrazine groups is 1. The fraction of sp³-hybridized carbons (Fsp3) is 0.286. The van der Waals surface area contributed by atoms with Gasteiger partial charge < -0.3 is 14.8 Å². The molecule has 0 spiro atoms. The van der Waals surface area contributed by atoms with Crippen LogP contribution in [0.5, 0.6) is 11.5 Å². The second kappa shape index (κ2) is 8.46. The van der Waals surface area contributed by atoms with Crippen LogP contribution in [0.2, 0.25) is 0 Å². The summed E-state index contributed by atoms with van der Waals surface area (Å²) in [6.45, 7) is 2.11. The van der Waals surface area contributed by atoms with E-state index in [0.717, 1.165) is 17.1 Å². The van der Waals surface area contributed by atoms with E-state index in [1.54, 1.807) is 41.9 Å². The van der Waals surface area contributed by atoms with E-state index in [1.165, 1.54) is 15.8 Å². The zero-order valence-corrected chi connectivity index (χ0v) is 18.3. The molecule has 0 saturated carbocycles. The standard InChI is InChI=1S/C21H22N4O4S2/c26-31(27,18-4-2-1-3-5-18)25(21-23-9-11-30-21)24-10-8-22-14-17(24)12-16-6-7-19-20(13-16)29-15-28-19/h1-7,9,11,13,17,22H,8,10,12,14-15H2. The Morgan fingerprint density at radius 1 is 1.16 bits per heavy atom. The molecule has 8 nitrogen and oxygen atoms in total. The van der Waals surface area contributed by atoms with Gasteiger partial charge in [-0.25, -0.2) is 4.98 Å². The minimum absolute atomic E-state index is 0.0866. The van der Waals surface area contributed by atoms with Crippen molar-refractivity contribution in [2.75, 3.05) is 30.8 Å². The third kappa shape index (κ3) is 3.99. The van der Waals surface area contributed by atoms with Crippen LogP contribution in [0.4, 0.5) is 5.13 Å².